The summed E-state index contributed by atoms with van der Waals surface area (Å²) in [6.07, 6.45) is 0. The maximum absolute atomic E-state index is 5.50. The molecule has 0 aliphatic carbocycles. The maximum atomic E-state index is 5.50. The Balaban J connectivity index is 2.47. The van der Waals surface area contributed by atoms with Crippen molar-refractivity contribution in [3.8, 4) is 0 Å². The Morgan fingerprint density at radius 2 is 2.17 bits per heavy atom. The Hall–Kier alpha value is -1.44. The van der Waals surface area contributed by atoms with E-state index in [4.69, 9.17) is 4.42 Å². The first-order valence-electron chi connectivity index (χ1n) is 4.12. The molecule has 2 rings (SSSR count). The molecule has 12 heavy (non-hydrogen) atoms. The predicted molar refractivity (Wildman–Crippen MR) is 50.4 cm³/mol. The highest BCUT2D eigenvalue weighted by molar-refractivity contribution is 5.80. The summed E-state index contributed by atoms with van der Waals surface area (Å²) in [7, 11) is 0. The van der Waals surface area contributed by atoms with Crippen molar-refractivity contribution in [2.45, 2.75) is 6.92 Å². The van der Waals surface area contributed by atoms with E-state index in [2.05, 4.69) is 5.32 Å². The van der Waals surface area contributed by atoms with Gasteiger partial charge in [0.2, 0.25) is 0 Å². The molecule has 0 bridgehead atoms. The molecule has 0 atom stereocenters. The Labute approximate surface area is 71.2 Å². The monoisotopic (exact) mass is 161 g/mol. The molecule has 0 amide bonds. The van der Waals surface area contributed by atoms with Crippen LogP contribution in [-0.4, -0.2) is 6.54 Å². The third-order valence-corrected chi connectivity index (χ3v) is 1.78. The number of hydrogen-bond acceptors (Lipinski definition) is 2. The van der Waals surface area contributed by atoms with Gasteiger partial charge in [-0.2, -0.15) is 0 Å². The summed E-state index contributed by atoms with van der Waals surface area (Å²) in [5, 5.41) is 4.28. The van der Waals surface area contributed by atoms with Crippen molar-refractivity contribution in [1.29, 1.82) is 0 Å². The number of fused-ring (bicyclic) bond motifs is 1. The molecule has 2 heteroatoms. The van der Waals surface area contributed by atoms with Crippen LogP contribution in [0.25, 0.3) is 11.0 Å². The van der Waals surface area contributed by atoms with Gasteiger partial charge in [0, 0.05) is 18.0 Å². The van der Waals surface area contributed by atoms with E-state index in [1.54, 1.807) is 0 Å². The number of anilines is 1. The van der Waals surface area contributed by atoms with E-state index in [0.717, 1.165) is 23.4 Å². The zero-order valence-electron chi connectivity index (χ0n) is 7.00. The van der Waals surface area contributed by atoms with Crippen LogP contribution >= 0.6 is 0 Å². The van der Waals surface area contributed by atoms with Crippen LogP contribution in [0.15, 0.2) is 34.7 Å². The lowest BCUT2D eigenvalue weighted by atomic mass is 10.3. The Bertz CT molecular complexity index is 345. The number of furan rings is 1. The quantitative estimate of drug-likeness (QED) is 0.732. The molecule has 1 N–H and O–H groups in total. The summed E-state index contributed by atoms with van der Waals surface area (Å²) < 4.78 is 5.50. The fraction of sp³-hybridized carbons (Fsp3) is 0.200. The molecule has 1 aromatic heterocycles. The summed E-state index contributed by atoms with van der Waals surface area (Å²) in [4.78, 5) is 0. The van der Waals surface area contributed by atoms with Crippen LogP contribution in [0.2, 0.25) is 0 Å². The molecule has 0 saturated heterocycles. The van der Waals surface area contributed by atoms with Crippen molar-refractivity contribution in [2.24, 2.45) is 0 Å². The van der Waals surface area contributed by atoms with Gasteiger partial charge in [-0.25, -0.2) is 0 Å². The lowest BCUT2D eigenvalue weighted by molar-refractivity contribution is 0.628. The van der Waals surface area contributed by atoms with Crippen LogP contribution in [0.1, 0.15) is 6.92 Å². The summed E-state index contributed by atoms with van der Waals surface area (Å²) >= 11 is 0. The first kappa shape index (κ1) is 7.22. The molecule has 2 aromatic rings. The van der Waals surface area contributed by atoms with Gasteiger partial charge in [0.15, 0.2) is 5.88 Å². The van der Waals surface area contributed by atoms with E-state index < -0.39 is 0 Å². The van der Waals surface area contributed by atoms with Crippen molar-refractivity contribution < 1.29 is 4.42 Å². The van der Waals surface area contributed by atoms with E-state index in [0.29, 0.717) is 0 Å². The predicted octanol–water partition coefficient (Wildman–Crippen LogP) is 2.86. The molecule has 1 heterocycles. The Morgan fingerprint density at radius 1 is 1.33 bits per heavy atom. The smallest absolute Gasteiger partial charge is 0.194 e. The molecule has 0 aliphatic rings. The fourth-order valence-corrected chi connectivity index (χ4v) is 1.24. The van der Waals surface area contributed by atoms with Crippen molar-refractivity contribution in [3.63, 3.8) is 0 Å². The average molecular weight is 161 g/mol. The van der Waals surface area contributed by atoms with Crippen LogP contribution in [0.5, 0.6) is 0 Å². The van der Waals surface area contributed by atoms with Gasteiger partial charge >= 0.3 is 0 Å². The number of rotatable bonds is 2. The summed E-state index contributed by atoms with van der Waals surface area (Å²) in [6.45, 7) is 2.94. The van der Waals surface area contributed by atoms with Crippen LogP contribution in [-0.2, 0) is 0 Å². The van der Waals surface area contributed by atoms with Gasteiger partial charge in [0.25, 0.3) is 0 Å². The standard InChI is InChI=1S/C10H11NO/c1-2-11-10-7-8-5-3-4-6-9(8)12-10/h3-7,11H,2H2,1H3. The van der Waals surface area contributed by atoms with E-state index >= 15 is 0 Å². The minimum absolute atomic E-state index is 0.846. The molecule has 0 aliphatic heterocycles. The van der Waals surface area contributed by atoms with Gasteiger partial charge in [-0.3, -0.25) is 0 Å². The number of benzene rings is 1. The van der Waals surface area contributed by atoms with Crippen molar-refractivity contribution in [1.82, 2.24) is 0 Å². The van der Waals surface area contributed by atoms with Crippen molar-refractivity contribution in [2.75, 3.05) is 11.9 Å². The zero-order valence-corrected chi connectivity index (χ0v) is 7.00. The molecule has 62 valence electrons. The highest BCUT2D eigenvalue weighted by Gasteiger charge is 1.99. The largest absolute Gasteiger partial charge is 0.441 e. The van der Waals surface area contributed by atoms with Crippen molar-refractivity contribution in [3.05, 3.63) is 30.3 Å². The van der Waals surface area contributed by atoms with E-state index in [1.807, 2.05) is 37.3 Å². The average Bonchev–Trinajstić information content (AvgIpc) is 2.47. The van der Waals surface area contributed by atoms with Crippen LogP contribution in [0, 0.1) is 0 Å². The first-order chi connectivity index (χ1) is 5.90. The maximum Gasteiger partial charge on any atom is 0.194 e. The SMILES string of the molecule is CCNc1cc2ccccc2o1. The van der Waals surface area contributed by atoms with Gasteiger partial charge < -0.3 is 9.73 Å². The highest BCUT2D eigenvalue weighted by Crippen LogP contribution is 2.21. The molecule has 0 spiro atoms. The van der Waals surface area contributed by atoms with Gasteiger partial charge in [0.1, 0.15) is 5.58 Å². The normalized spacial score (nSPS) is 10.4. The second-order valence-corrected chi connectivity index (χ2v) is 2.68. The molecule has 1 aromatic carbocycles. The summed E-state index contributed by atoms with van der Waals surface area (Å²) in [6, 6.07) is 10.0. The van der Waals surface area contributed by atoms with Crippen LogP contribution < -0.4 is 5.32 Å². The lowest BCUT2D eigenvalue weighted by Gasteiger charge is -1.93. The summed E-state index contributed by atoms with van der Waals surface area (Å²) in [5.41, 5.74) is 0.938. The molecule has 0 unspecified atom stereocenters. The Kier molecular flexibility index (Phi) is 1.74. The molecule has 2 nitrogen and oxygen atoms in total. The Morgan fingerprint density at radius 3 is 2.92 bits per heavy atom. The highest BCUT2D eigenvalue weighted by atomic mass is 16.3. The van der Waals surface area contributed by atoms with Crippen LogP contribution in [0.4, 0.5) is 5.88 Å². The van der Waals surface area contributed by atoms with Crippen LogP contribution in [0.3, 0.4) is 0 Å². The second kappa shape index (κ2) is 2.89. The second-order valence-electron chi connectivity index (χ2n) is 2.68. The number of hydrogen-bond donors (Lipinski definition) is 1. The first-order valence-corrected chi connectivity index (χ1v) is 4.12. The lowest BCUT2D eigenvalue weighted by Crippen LogP contribution is -1.93. The van der Waals surface area contributed by atoms with E-state index in [1.165, 1.54) is 0 Å². The molecule has 0 fully saturated rings. The van der Waals surface area contributed by atoms with Gasteiger partial charge in [-0.05, 0) is 13.0 Å². The minimum Gasteiger partial charge on any atom is -0.441 e. The van der Waals surface area contributed by atoms with Crippen molar-refractivity contribution >= 4 is 16.9 Å². The van der Waals surface area contributed by atoms with Gasteiger partial charge in [0.05, 0.1) is 0 Å². The summed E-state index contributed by atoms with van der Waals surface area (Å²) in [5.74, 6) is 0.846. The van der Waals surface area contributed by atoms with E-state index in [-0.39, 0.29) is 0 Å². The third-order valence-electron chi connectivity index (χ3n) is 1.78. The van der Waals surface area contributed by atoms with Gasteiger partial charge in [-0.1, -0.05) is 18.2 Å². The fourth-order valence-electron chi connectivity index (χ4n) is 1.24. The number of nitrogens with one attached hydrogen (secondary N) is 1. The molecule has 0 saturated carbocycles. The topological polar surface area (TPSA) is 25.2 Å². The van der Waals surface area contributed by atoms with Gasteiger partial charge in [-0.15, -0.1) is 0 Å². The minimum atomic E-state index is 0.846. The third kappa shape index (κ3) is 1.16. The molecular formula is C10H11NO. The van der Waals surface area contributed by atoms with E-state index in [9.17, 15) is 0 Å². The zero-order chi connectivity index (χ0) is 8.39. The molecular weight excluding hydrogens is 150 g/mol. The molecule has 0 radical (unpaired) electrons. The number of para-hydroxylation sites is 1.